The minimum Gasteiger partial charge on any atom is -0.393 e. The van der Waals surface area contributed by atoms with Crippen LogP contribution in [-0.2, 0) is 6.42 Å². The second-order valence-corrected chi connectivity index (χ2v) is 5.51. The van der Waals surface area contributed by atoms with Gasteiger partial charge in [0.1, 0.15) is 0 Å². The van der Waals surface area contributed by atoms with Gasteiger partial charge in [-0.1, -0.05) is 30.7 Å². The molecular formula is C14H19ClO. The average molecular weight is 239 g/mol. The van der Waals surface area contributed by atoms with E-state index in [-0.39, 0.29) is 6.10 Å². The third-order valence-electron chi connectivity index (χ3n) is 3.62. The molecule has 1 aliphatic rings. The molecule has 2 rings (SSSR count). The van der Waals surface area contributed by atoms with E-state index in [2.05, 4.69) is 19.1 Å². The Morgan fingerprint density at radius 2 is 1.94 bits per heavy atom. The number of aliphatic hydroxyl groups is 1. The molecule has 0 amide bonds. The fourth-order valence-corrected chi connectivity index (χ4v) is 2.75. The van der Waals surface area contributed by atoms with E-state index in [0.717, 1.165) is 36.6 Å². The minimum atomic E-state index is -0.119. The molecular weight excluding hydrogens is 220 g/mol. The van der Waals surface area contributed by atoms with Crippen LogP contribution in [0.2, 0.25) is 5.02 Å². The van der Waals surface area contributed by atoms with Crippen LogP contribution in [0.4, 0.5) is 0 Å². The molecule has 1 aromatic rings. The van der Waals surface area contributed by atoms with Crippen LogP contribution in [-0.4, -0.2) is 11.2 Å². The molecule has 0 saturated heterocycles. The summed E-state index contributed by atoms with van der Waals surface area (Å²) in [5.41, 5.74) is 1.28. The van der Waals surface area contributed by atoms with Gasteiger partial charge in [0.05, 0.1) is 6.10 Å². The number of aliphatic hydroxyl groups excluding tert-OH is 1. The zero-order valence-electron chi connectivity index (χ0n) is 9.70. The van der Waals surface area contributed by atoms with Crippen molar-refractivity contribution < 1.29 is 5.11 Å². The SMILES string of the molecule is CC1CCC(O)C(Cc2ccc(Cl)cc2)C1. The lowest BCUT2D eigenvalue weighted by Gasteiger charge is -2.31. The van der Waals surface area contributed by atoms with E-state index in [1.807, 2.05) is 12.1 Å². The highest BCUT2D eigenvalue weighted by Gasteiger charge is 2.26. The lowest BCUT2D eigenvalue weighted by Crippen LogP contribution is -2.29. The van der Waals surface area contributed by atoms with E-state index in [9.17, 15) is 5.11 Å². The van der Waals surface area contributed by atoms with Crippen molar-refractivity contribution in [2.45, 2.75) is 38.7 Å². The summed E-state index contributed by atoms with van der Waals surface area (Å²) in [4.78, 5) is 0. The van der Waals surface area contributed by atoms with E-state index < -0.39 is 0 Å². The summed E-state index contributed by atoms with van der Waals surface area (Å²) in [5.74, 6) is 1.17. The second-order valence-electron chi connectivity index (χ2n) is 5.08. The molecule has 88 valence electrons. The van der Waals surface area contributed by atoms with E-state index in [4.69, 9.17) is 11.6 Å². The predicted molar refractivity (Wildman–Crippen MR) is 67.7 cm³/mol. The molecule has 1 saturated carbocycles. The fraction of sp³-hybridized carbons (Fsp3) is 0.571. The van der Waals surface area contributed by atoms with Gasteiger partial charge in [0.25, 0.3) is 0 Å². The molecule has 16 heavy (non-hydrogen) atoms. The van der Waals surface area contributed by atoms with Crippen molar-refractivity contribution in [1.82, 2.24) is 0 Å². The zero-order valence-corrected chi connectivity index (χ0v) is 10.5. The third-order valence-corrected chi connectivity index (χ3v) is 3.87. The average Bonchev–Trinajstić information content (AvgIpc) is 2.27. The van der Waals surface area contributed by atoms with E-state index in [0.29, 0.717) is 5.92 Å². The Morgan fingerprint density at radius 3 is 2.62 bits per heavy atom. The highest BCUT2D eigenvalue weighted by molar-refractivity contribution is 6.30. The summed E-state index contributed by atoms with van der Waals surface area (Å²) >= 11 is 5.86. The van der Waals surface area contributed by atoms with Gasteiger partial charge in [-0.2, -0.15) is 0 Å². The van der Waals surface area contributed by atoms with Gasteiger partial charge >= 0.3 is 0 Å². The quantitative estimate of drug-likeness (QED) is 0.834. The molecule has 0 spiro atoms. The summed E-state index contributed by atoms with van der Waals surface area (Å²) < 4.78 is 0. The van der Waals surface area contributed by atoms with Crippen molar-refractivity contribution in [3.8, 4) is 0 Å². The molecule has 2 heteroatoms. The van der Waals surface area contributed by atoms with Crippen molar-refractivity contribution in [3.05, 3.63) is 34.9 Å². The number of rotatable bonds is 2. The van der Waals surface area contributed by atoms with E-state index >= 15 is 0 Å². The molecule has 1 nitrogen and oxygen atoms in total. The van der Waals surface area contributed by atoms with Crippen LogP contribution in [0.1, 0.15) is 31.7 Å². The smallest absolute Gasteiger partial charge is 0.0571 e. The monoisotopic (exact) mass is 238 g/mol. The zero-order chi connectivity index (χ0) is 11.5. The van der Waals surface area contributed by atoms with E-state index in [1.54, 1.807) is 0 Å². The molecule has 0 aliphatic heterocycles. The molecule has 0 heterocycles. The van der Waals surface area contributed by atoms with Gasteiger partial charge in [-0.25, -0.2) is 0 Å². The van der Waals surface area contributed by atoms with Gasteiger partial charge in [-0.05, 0) is 55.2 Å². The highest BCUT2D eigenvalue weighted by atomic mass is 35.5. The maximum atomic E-state index is 9.98. The molecule has 1 fully saturated rings. The third kappa shape index (κ3) is 2.99. The maximum Gasteiger partial charge on any atom is 0.0571 e. The van der Waals surface area contributed by atoms with Gasteiger partial charge in [0.15, 0.2) is 0 Å². The molecule has 1 aromatic carbocycles. The number of halogens is 1. The van der Waals surface area contributed by atoms with Crippen LogP contribution in [0, 0.1) is 11.8 Å². The Hall–Kier alpha value is -0.530. The number of hydrogen-bond donors (Lipinski definition) is 1. The first kappa shape index (κ1) is 11.9. The highest BCUT2D eigenvalue weighted by Crippen LogP contribution is 2.31. The van der Waals surface area contributed by atoms with Gasteiger partial charge < -0.3 is 5.11 Å². The molecule has 0 aromatic heterocycles. The standard InChI is InChI=1S/C14H19ClO/c1-10-2-7-14(16)12(8-10)9-11-3-5-13(15)6-4-11/h3-6,10,12,14,16H,2,7-9H2,1H3. The minimum absolute atomic E-state index is 0.119. The summed E-state index contributed by atoms with van der Waals surface area (Å²) in [6.45, 7) is 2.28. The molecule has 3 atom stereocenters. The topological polar surface area (TPSA) is 20.2 Å². The Balaban J connectivity index is 2.00. The lowest BCUT2D eigenvalue weighted by atomic mass is 9.77. The van der Waals surface area contributed by atoms with Crippen LogP contribution < -0.4 is 0 Å². The van der Waals surface area contributed by atoms with Crippen molar-refractivity contribution >= 4 is 11.6 Å². The summed E-state index contributed by atoms with van der Waals surface area (Å²) in [6.07, 6.45) is 4.12. The fourth-order valence-electron chi connectivity index (χ4n) is 2.63. The molecule has 1 N–H and O–H groups in total. The van der Waals surface area contributed by atoms with Crippen LogP contribution in [0.15, 0.2) is 24.3 Å². The van der Waals surface area contributed by atoms with Crippen molar-refractivity contribution in [3.63, 3.8) is 0 Å². The Morgan fingerprint density at radius 1 is 1.25 bits per heavy atom. The normalized spacial score (nSPS) is 30.3. The van der Waals surface area contributed by atoms with Crippen LogP contribution in [0.5, 0.6) is 0 Å². The summed E-state index contributed by atoms with van der Waals surface area (Å²) in [7, 11) is 0. The molecule has 1 aliphatic carbocycles. The Labute approximate surface area is 102 Å². The Kier molecular flexibility index (Phi) is 3.88. The number of hydrogen-bond acceptors (Lipinski definition) is 1. The van der Waals surface area contributed by atoms with Crippen LogP contribution >= 0.6 is 11.6 Å². The van der Waals surface area contributed by atoms with Crippen molar-refractivity contribution in [2.75, 3.05) is 0 Å². The first-order chi connectivity index (χ1) is 7.65. The van der Waals surface area contributed by atoms with Gasteiger partial charge in [0.2, 0.25) is 0 Å². The second kappa shape index (κ2) is 5.20. The first-order valence-electron chi connectivity index (χ1n) is 6.07. The van der Waals surface area contributed by atoms with Crippen molar-refractivity contribution in [1.29, 1.82) is 0 Å². The van der Waals surface area contributed by atoms with Gasteiger partial charge in [-0.15, -0.1) is 0 Å². The van der Waals surface area contributed by atoms with E-state index in [1.165, 1.54) is 5.56 Å². The Bertz CT molecular complexity index is 333. The van der Waals surface area contributed by atoms with Crippen LogP contribution in [0.3, 0.4) is 0 Å². The lowest BCUT2D eigenvalue weighted by molar-refractivity contribution is 0.0519. The predicted octanol–water partition coefficient (Wildman–Crippen LogP) is 3.68. The molecule has 0 radical (unpaired) electrons. The summed E-state index contributed by atoms with van der Waals surface area (Å²) in [6, 6.07) is 7.98. The largest absolute Gasteiger partial charge is 0.393 e. The molecule has 0 bridgehead atoms. The molecule has 3 unspecified atom stereocenters. The summed E-state index contributed by atoms with van der Waals surface area (Å²) in [5, 5.41) is 10.8. The van der Waals surface area contributed by atoms with Crippen LogP contribution in [0.25, 0.3) is 0 Å². The van der Waals surface area contributed by atoms with Gasteiger partial charge in [-0.3, -0.25) is 0 Å². The van der Waals surface area contributed by atoms with Crippen molar-refractivity contribution in [2.24, 2.45) is 11.8 Å². The number of benzene rings is 1. The maximum absolute atomic E-state index is 9.98. The van der Waals surface area contributed by atoms with Gasteiger partial charge in [0, 0.05) is 5.02 Å². The first-order valence-corrected chi connectivity index (χ1v) is 6.45.